The summed E-state index contributed by atoms with van der Waals surface area (Å²) in [6.45, 7) is 0.379. The second-order valence-electron chi connectivity index (χ2n) is 6.48. The zero-order chi connectivity index (χ0) is 23.2. The first-order valence-corrected chi connectivity index (χ1v) is 8.42. The molecule has 0 aliphatic heterocycles. The first-order chi connectivity index (χ1) is 14.3. The van der Waals surface area contributed by atoms with Gasteiger partial charge in [0.05, 0.1) is 12.8 Å². The molecule has 0 aliphatic carbocycles. The van der Waals surface area contributed by atoms with Crippen LogP contribution in [0.2, 0.25) is 0 Å². The van der Waals surface area contributed by atoms with Gasteiger partial charge in [0.1, 0.15) is 5.56 Å². The summed E-state index contributed by atoms with van der Waals surface area (Å²) in [7, 11) is 0.931. The van der Waals surface area contributed by atoms with Gasteiger partial charge < -0.3 is 20.0 Å². The maximum atomic E-state index is 13.8. The van der Waals surface area contributed by atoms with Gasteiger partial charge in [0.25, 0.3) is 11.8 Å². The topological polar surface area (TPSA) is 107 Å². The van der Waals surface area contributed by atoms with Crippen molar-refractivity contribution in [1.82, 2.24) is 15.2 Å². The van der Waals surface area contributed by atoms with Gasteiger partial charge in [-0.05, 0) is 12.5 Å². The summed E-state index contributed by atoms with van der Waals surface area (Å²) in [5.41, 5.74) is -0.470. The van der Waals surface area contributed by atoms with Crippen LogP contribution in [0, 0.1) is 0 Å². The first-order valence-electron chi connectivity index (χ1n) is 8.42. The number of methoxy groups -OCH3 is 1. The van der Waals surface area contributed by atoms with E-state index < -0.39 is 58.1 Å². The van der Waals surface area contributed by atoms with Crippen molar-refractivity contribution in [3.05, 3.63) is 41.8 Å². The van der Waals surface area contributed by atoms with E-state index in [1.54, 1.807) is 6.07 Å². The highest BCUT2D eigenvalue weighted by atomic mass is 19.4. The molecule has 0 saturated carbocycles. The van der Waals surface area contributed by atoms with Gasteiger partial charge in [-0.3, -0.25) is 0 Å². The van der Waals surface area contributed by atoms with Crippen molar-refractivity contribution < 1.29 is 40.6 Å². The summed E-state index contributed by atoms with van der Waals surface area (Å²) >= 11 is 0. The number of alkyl halides is 6. The second kappa shape index (κ2) is 7.41. The Bertz CT molecular complexity index is 1090. The van der Waals surface area contributed by atoms with Crippen LogP contribution in [0.15, 0.2) is 34.7 Å². The number of hydrogen-bond acceptors (Lipinski definition) is 7. The normalized spacial score (nSPS) is 14.4. The van der Waals surface area contributed by atoms with E-state index in [9.17, 15) is 31.4 Å². The highest BCUT2D eigenvalue weighted by Gasteiger charge is 2.55. The Balaban J connectivity index is 2.30. The molecule has 0 fully saturated rings. The number of ether oxygens (including phenoxy) is 1. The van der Waals surface area contributed by atoms with E-state index in [0.29, 0.717) is 6.92 Å². The number of nitrogens with zero attached hydrogens (tertiary/aromatic N) is 3. The summed E-state index contributed by atoms with van der Waals surface area (Å²) < 4.78 is 90.2. The molecule has 166 valence electrons. The highest BCUT2D eigenvalue weighted by Crippen LogP contribution is 2.47. The van der Waals surface area contributed by atoms with Crippen molar-refractivity contribution in [2.45, 2.75) is 24.9 Å². The van der Waals surface area contributed by atoms with E-state index in [0.717, 1.165) is 7.11 Å². The smallest absolute Gasteiger partial charge is 0.426 e. The Morgan fingerprint density at radius 1 is 1.03 bits per heavy atom. The Morgan fingerprint density at radius 3 is 2.16 bits per heavy atom. The van der Waals surface area contributed by atoms with Crippen LogP contribution in [0.25, 0.3) is 22.7 Å². The molecule has 0 spiro atoms. The Kier molecular flexibility index (Phi) is 5.34. The molecular formula is C18H14F6N4O3. The van der Waals surface area contributed by atoms with Crippen LogP contribution < -0.4 is 10.5 Å². The molecule has 1 aromatic carbocycles. The first kappa shape index (κ1) is 22.3. The lowest BCUT2D eigenvalue weighted by atomic mass is 9.97. The Hall–Kier alpha value is -3.35. The van der Waals surface area contributed by atoms with Gasteiger partial charge in [-0.1, -0.05) is 30.3 Å². The molecule has 3 aromatic rings. The van der Waals surface area contributed by atoms with Crippen LogP contribution in [-0.2, 0) is 11.8 Å². The quantitative estimate of drug-likeness (QED) is 0.577. The third-order valence-corrected chi connectivity index (χ3v) is 4.34. The molecule has 31 heavy (non-hydrogen) atoms. The monoisotopic (exact) mass is 448 g/mol. The van der Waals surface area contributed by atoms with E-state index in [4.69, 9.17) is 14.9 Å². The molecule has 0 aliphatic rings. The van der Waals surface area contributed by atoms with Crippen molar-refractivity contribution in [2.75, 3.05) is 12.8 Å². The lowest BCUT2D eigenvalue weighted by molar-refractivity contribution is -0.266. The van der Waals surface area contributed by atoms with Crippen LogP contribution in [0.5, 0.6) is 5.88 Å². The average molecular weight is 448 g/mol. The van der Waals surface area contributed by atoms with Crippen molar-refractivity contribution in [1.29, 1.82) is 0 Å². The predicted molar refractivity (Wildman–Crippen MR) is 94.6 cm³/mol. The third-order valence-electron chi connectivity index (χ3n) is 4.34. The van der Waals surface area contributed by atoms with E-state index in [2.05, 4.69) is 15.2 Å². The number of rotatable bonds is 4. The molecule has 2 heterocycles. The fraction of sp³-hybridized carbons (Fsp3) is 0.278. The summed E-state index contributed by atoms with van der Waals surface area (Å²) in [6.07, 6.45) is -10.1. The SMILES string of the molecule is COc1nc(-c2nnc(C(C)(O)C(F)(F)F)o2)c(N)c(-c2ccccc2)c1C(F)(F)F. The maximum Gasteiger partial charge on any atom is 0.426 e. The summed E-state index contributed by atoms with van der Waals surface area (Å²) in [5, 5.41) is 16.2. The summed E-state index contributed by atoms with van der Waals surface area (Å²) in [4.78, 5) is 3.64. The lowest BCUT2D eigenvalue weighted by Gasteiger charge is -2.21. The number of pyridine rings is 1. The lowest BCUT2D eigenvalue weighted by Crippen LogP contribution is -2.39. The molecule has 3 rings (SSSR count). The van der Waals surface area contributed by atoms with E-state index >= 15 is 0 Å². The van der Waals surface area contributed by atoms with Crippen molar-refractivity contribution >= 4 is 5.69 Å². The summed E-state index contributed by atoms with van der Waals surface area (Å²) in [6, 6.07) is 7.19. The minimum Gasteiger partial charge on any atom is -0.481 e. The number of aliphatic hydroxyl groups is 1. The zero-order valence-corrected chi connectivity index (χ0v) is 15.8. The number of halogens is 6. The predicted octanol–water partition coefficient (Wildman–Crippen LogP) is 4.18. The Labute approximate surface area is 170 Å². The van der Waals surface area contributed by atoms with Gasteiger partial charge in [0.2, 0.25) is 11.5 Å². The molecule has 0 radical (unpaired) electrons. The maximum absolute atomic E-state index is 13.8. The fourth-order valence-electron chi connectivity index (χ4n) is 2.69. The van der Waals surface area contributed by atoms with Crippen LogP contribution >= 0.6 is 0 Å². The fourth-order valence-corrected chi connectivity index (χ4v) is 2.69. The molecule has 1 unspecified atom stereocenters. The standard InChI is InChI=1S/C18H14F6N4O3/c1-16(29,18(22,23)24)15-28-27-14(31-15)12-11(25)9(8-6-4-3-5-7-8)10(17(19,20)21)13(26-12)30-2/h3-7,29H,25H2,1-2H3. The van der Waals surface area contributed by atoms with Crippen LogP contribution in [-0.4, -0.2) is 33.6 Å². The van der Waals surface area contributed by atoms with Crippen molar-refractivity contribution in [3.8, 4) is 28.6 Å². The van der Waals surface area contributed by atoms with E-state index in [-0.39, 0.29) is 5.56 Å². The molecule has 0 amide bonds. The molecule has 0 bridgehead atoms. The van der Waals surface area contributed by atoms with Crippen LogP contribution in [0.3, 0.4) is 0 Å². The number of benzene rings is 1. The molecule has 0 saturated heterocycles. The van der Waals surface area contributed by atoms with Gasteiger partial charge in [0, 0.05) is 5.56 Å². The largest absolute Gasteiger partial charge is 0.481 e. The molecule has 1 atom stereocenters. The zero-order valence-electron chi connectivity index (χ0n) is 15.8. The number of nitrogen functional groups attached to an aromatic ring is 1. The van der Waals surface area contributed by atoms with Crippen LogP contribution in [0.4, 0.5) is 32.0 Å². The molecule has 7 nitrogen and oxygen atoms in total. The molecule has 2 aromatic heterocycles. The van der Waals surface area contributed by atoms with Crippen molar-refractivity contribution in [3.63, 3.8) is 0 Å². The second-order valence-corrected chi connectivity index (χ2v) is 6.48. The summed E-state index contributed by atoms with van der Waals surface area (Å²) in [5.74, 6) is -2.88. The number of aromatic nitrogens is 3. The van der Waals surface area contributed by atoms with Crippen molar-refractivity contribution in [2.24, 2.45) is 0 Å². The molecule has 3 N–H and O–H groups in total. The van der Waals surface area contributed by atoms with Gasteiger partial charge >= 0.3 is 12.4 Å². The van der Waals surface area contributed by atoms with Gasteiger partial charge in [-0.2, -0.15) is 26.3 Å². The minimum atomic E-state index is -5.16. The average Bonchev–Trinajstić information content (AvgIpc) is 3.17. The highest BCUT2D eigenvalue weighted by molar-refractivity contribution is 5.88. The van der Waals surface area contributed by atoms with Gasteiger partial charge in [-0.25, -0.2) is 4.98 Å². The van der Waals surface area contributed by atoms with E-state index in [1.807, 2.05) is 0 Å². The minimum absolute atomic E-state index is 0.0382. The molecule has 13 heteroatoms. The number of hydrogen-bond donors (Lipinski definition) is 2. The van der Waals surface area contributed by atoms with Crippen LogP contribution in [0.1, 0.15) is 18.4 Å². The number of anilines is 1. The third kappa shape index (κ3) is 3.87. The molecular weight excluding hydrogens is 434 g/mol. The Morgan fingerprint density at radius 2 is 1.65 bits per heavy atom. The number of nitrogens with two attached hydrogens (primary N) is 1. The van der Waals surface area contributed by atoms with Gasteiger partial charge in [0.15, 0.2) is 5.69 Å². The van der Waals surface area contributed by atoms with Gasteiger partial charge in [-0.15, -0.1) is 10.2 Å². The van der Waals surface area contributed by atoms with E-state index in [1.165, 1.54) is 24.3 Å².